The second kappa shape index (κ2) is 16.7. The molecule has 0 spiro atoms. The van der Waals surface area contributed by atoms with Gasteiger partial charge in [-0.15, -0.1) is 0 Å². The molecule has 0 radical (unpaired) electrons. The molecule has 2 N–H and O–H groups in total. The first kappa shape index (κ1) is 32.8. The minimum absolute atomic E-state index is 0.0374. The van der Waals surface area contributed by atoms with E-state index in [1.165, 1.54) is 5.57 Å². The number of fused-ring (bicyclic) bond motifs is 1. The van der Waals surface area contributed by atoms with E-state index in [2.05, 4.69) is 44.3 Å². The smallest absolute Gasteiger partial charge is 0.308 e. The highest BCUT2D eigenvalue weighted by Crippen LogP contribution is 2.45. The highest BCUT2D eigenvalue weighted by Gasteiger charge is 2.41. The van der Waals surface area contributed by atoms with Crippen molar-refractivity contribution < 1.29 is 28.9 Å². The molecule has 3 aliphatic rings. The summed E-state index contributed by atoms with van der Waals surface area (Å²) in [6.45, 7) is 11.8. The van der Waals surface area contributed by atoms with Crippen molar-refractivity contribution >= 4 is 11.9 Å². The highest BCUT2D eigenvalue weighted by molar-refractivity contribution is 5.76. The van der Waals surface area contributed by atoms with Gasteiger partial charge in [-0.1, -0.05) is 59.3 Å². The molecular weight excluding hydrogens is 506 g/mol. The third-order valence-corrected chi connectivity index (χ3v) is 8.99. The van der Waals surface area contributed by atoms with Gasteiger partial charge >= 0.3 is 5.97 Å². The SMILES string of the molecule is CCCCNC(=O)CC(CC(O)CCC1C(C)C=CC2=CC(C)CC(OC(=O)C(C)CC)C21)OC1CCCCO1. The van der Waals surface area contributed by atoms with Crippen molar-refractivity contribution in [1.82, 2.24) is 5.32 Å². The molecule has 0 saturated carbocycles. The van der Waals surface area contributed by atoms with Crippen LogP contribution < -0.4 is 5.32 Å². The van der Waals surface area contributed by atoms with Crippen molar-refractivity contribution in [3.05, 3.63) is 23.8 Å². The number of rotatable bonds is 15. The largest absolute Gasteiger partial charge is 0.461 e. The standard InChI is InChI=1S/C33H55NO6/c1-6-8-16-34-30(36)21-27(39-31-11-9-10-17-38-31)20-26(35)14-15-28-24(5)12-13-25-18-22(3)19-29(32(25)28)40-33(37)23(4)7-2/h12-13,18,22-24,26-29,31-32,35H,6-11,14-17,19-21H2,1-5H3,(H,34,36). The number of carbonyl (C=O) groups excluding carboxylic acids is 2. The lowest BCUT2D eigenvalue weighted by Crippen LogP contribution is -2.41. The average molecular weight is 562 g/mol. The Morgan fingerprint density at radius 2 is 2.02 bits per heavy atom. The maximum Gasteiger partial charge on any atom is 0.308 e. The molecule has 1 aliphatic heterocycles. The molecule has 1 saturated heterocycles. The predicted octanol–water partition coefficient (Wildman–Crippen LogP) is 6.10. The normalized spacial score (nSPS) is 30.5. The first-order valence-corrected chi connectivity index (χ1v) is 16.0. The van der Waals surface area contributed by atoms with Crippen LogP contribution in [0.5, 0.6) is 0 Å². The molecule has 0 aromatic carbocycles. The molecule has 1 fully saturated rings. The highest BCUT2D eigenvalue weighted by atomic mass is 16.7. The van der Waals surface area contributed by atoms with Crippen LogP contribution in [0.15, 0.2) is 23.8 Å². The number of nitrogens with one attached hydrogen (secondary N) is 1. The van der Waals surface area contributed by atoms with E-state index in [0.717, 1.165) is 51.4 Å². The quantitative estimate of drug-likeness (QED) is 0.185. The molecule has 40 heavy (non-hydrogen) atoms. The van der Waals surface area contributed by atoms with Crippen molar-refractivity contribution in [1.29, 1.82) is 0 Å². The first-order chi connectivity index (χ1) is 19.2. The average Bonchev–Trinajstić information content (AvgIpc) is 2.92. The summed E-state index contributed by atoms with van der Waals surface area (Å²) >= 11 is 0. The van der Waals surface area contributed by atoms with Gasteiger partial charge in [-0.05, 0) is 74.7 Å². The Labute approximate surface area is 242 Å². The number of aliphatic hydroxyl groups is 1. The minimum atomic E-state index is -0.591. The fourth-order valence-corrected chi connectivity index (χ4v) is 6.36. The zero-order valence-corrected chi connectivity index (χ0v) is 25.6. The fraction of sp³-hybridized carbons (Fsp3) is 0.818. The molecule has 0 aromatic rings. The zero-order chi connectivity index (χ0) is 29.1. The van der Waals surface area contributed by atoms with Gasteiger partial charge in [0, 0.05) is 25.5 Å². The summed E-state index contributed by atoms with van der Waals surface area (Å²) < 4.78 is 18.2. The second-order valence-corrected chi connectivity index (χ2v) is 12.5. The minimum Gasteiger partial charge on any atom is -0.461 e. The summed E-state index contributed by atoms with van der Waals surface area (Å²) in [6, 6.07) is 0. The lowest BCUT2D eigenvalue weighted by atomic mass is 9.65. The summed E-state index contributed by atoms with van der Waals surface area (Å²) in [7, 11) is 0. The lowest BCUT2D eigenvalue weighted by molar-refractivity contribution is -0.194. The molecule has 1 amide bonds. The van der Waals surface area contributed by atoms with Crippen molar-refractivity contribution in [2.24, 2.45) is 29.6 Å². The number of amides is 1. The van der Waals surface area contributed by atoms with E-state index in [4.69, 9.17) is 14.2 Å². The van der Waals surface area contributed by atoms with Gasteiger partial charge in [-0.3, -0.25) is 9.59 Å². The monoisotopic (exact) mass is 561 g/mol. The molecule has 0 aromatic heterocycles. The van der Waals surface area contributed by atoms with E-state index in [-0.39, 0.29) is 48.4 Å². The van der Waals surface area contributed by atoms with E-state index >= 15 is 0 Å². The Bertz CT molecular complexity index is 850. The van der Waals surface area contributed by atoms with E-state index in [0.29, 0.717) is 37.8 Å². The summed E-state index contributed by atoms with van der Waals surface area (Å²) in [6.07, 6.45) is 13.9. The van der Waals surface area contributed by atoms with E-state index in [1.807, 2.05) is 13.8 Å². The van der Waals surface area contributed by atoms with Crippen LogP contribution in [-0.4, -0.2) is 54.7 Å². The maximum absolute atomic E-state index is 12.8. The van der Waals surface area contributed by atoms with Gasteiger partial charge in [0.2, 0.25) is 5.91 Å². The maximum atomic E-state index is 12.8. The number of esters is 1. The second-order valence-electron chi connectivity index (χ2n) is 12.5. The van der Waals surface area contributed by atoms with Gasteiger partial charge in [0.1, 0.15) is 6.10 Å². The van der Waals surface area contributed by atoms with Crippen molar-refractivity contribution in [2.45, 2.75) is 130 Å². The van der Waals surface area contributed by atoms with E-state index in [9.17, 15) is 14.7 Å². The molecule has 228 valence electrons. The lowest BCUT2D eigenvalue weighted by Gasteiger charge is -2.43. The van der Waals surface area contributed by atoms with Crippen LogP contribution in [0, 0.1) is 29.6 Å². The van der Waals surface area contributed by atoms with Crippen LogP contribution in [0.2, 0.25) is 0 Å². The molecule has 9 unspecified atom stereocenters. The third kappa shape index (κ3) is 9.99. The molecule has 2 aliphatic carbocycles. The Balaban J connectivity index is 1.64. The van der Waals surface area contributed by atoms with Gasteiger partial charge in [0.15, 0.2) is 6.29 Å². The van der Waals surface area contributed by atoms with Gasteiger partial charge < -0.3 is 24.6 Å². The molecular formula is C33H55NO6. The van der Waals surface area contributed by atoms with Crippen LogP contribution in [-0.2, 0) is 23.8 Å². The predicted molar refractivity (Wildman–Crippen MR) is 157 cm³/mol. The number of ether oxygens (including phenoxy) is 3. The molecule has 7 nitrogen and oxygen atoms in total. The Kier molecular flexibility index (Phi) is 13.7. The number of hydrogen-bond donors (Lipinski definition) is 2. The number of carbonyl (C=O) groups is 2. The Morgan fingerprint density at radius 3 is 2.73 bits per heavy atom. The van der Waals surface area contributed by atoms with Crippen LogP contribution in [0.1, 0.15) is 105 Å². The summed E-state index contributed by atoms with van der Waals surface area (Å²) in [5.74, 6) is 0.836. The van der Waals surface area contributed by atoms with E-state index in [1.54, 1.807) is 0 Å². The van der Waals surface area contributed by atoms with Crippen LogP contribution >= 0.6 is 0 Å². The number of unbranched alkanes of at least 4 members (excludes halogenated alkanes) is 1. The summed E-state index contributed by atoms with van der Waals surface area (Å²) in [4.78, 5) is 25.4. The van der Waals surface area contributed by atoms with Gasteiger partial charge in [-0.2, -0.15) is 0 Å². The van der Waals surface area contributed by atoms with Crippen molar-refractivity contribution in [2.75, 3.05) is 13.2 Å². The Hall–Kier alpha value is -1.70. The van der Waals surface area contributed by atoms with Crippen LogP contribution in [0.3, 0.4) is 0 Å². The molecule has 3 rings (SSSR count). The van der Waals surface area contributed by atoms with Crippen LogP contribution in [0.4, 0.5) is 0 Å². The number of aliphatic hydroxyl groups excluding tert-OH is 1. The zero-order valence-electron chi connectivity index (χ0n) is 25.6. The van der Waals surface area contributed by atoms with Gasteiger partial charge in [-0.25, -0.2) is 0 Å². The first-order valence-electron chi connectivity index (χ1n) is 16.0. The van der Waals surface area contributed by atoms with Crippen molar-refractivity contribution in [3.8, 4) is 0 Å². The number of hydrogen-bond acceptors (Lipinski definition) is 6. The fourth-order valence-electron chi connectivity index (χ4n) is 6.36. The third-order valence-electron chi connectivity index (χ3n) is 8.99. The number of allylic oxidation sites excluding steroid dienone is 3. The summed E-state index contributed by atoms with van der Waals surface area (Å²) in [5.41, 5.74) is 1.26. The topological polar surface area (TPSA) is 94.1 Å². The Morgan fingerprint density at radius 1 is 1.23 bits per heavy atom. The molecule has 0 bridgehead atoms. The molecule has 9 atom stereocenters. The van der Waals surface area contributed by atoms with Crippen LogP contribution in [0.25, 0.3) is 0 Å². The van der Waals surface area contributed by atoms with E-state index < -0.39 is 12.2 Å². The molecule has 7 heteroatoms. The molecule has 1 heterocycles. The van der Waals surface area contributed by atoms with Gasteiger partial charge in [0.05, 0.1) is 24.5 Å². The summed E-state index contributed by atoms with van der Waals surface area (Å²) in [5, 5.41) is 14.2. The van der Waals surface area contributed by atoms with Crippen molar-refractivity contribution in [3.63, 3.8) is 0 Å². The van der Waals surface area contributed by atoms with Gasteiger partial charge in [0.25, 0.3) is 0 Å².